The second kappa shape index (κ2) is 9.01. The molecule has 1 saturated heterocycles. The Kier molecular flexibility index (Phi) is 6.19. The molecule has 0 aromatic heterocycles. The molecule has 0 spiro atoms. The predicted octanol–water partition coefficient (Wildman–Crippen LogP) is 3.84. The van der Waals surface area contributed by atoms with Gasteiger partial charge in [-0.15, -0.1) is 0 Å². The van der Waals surface area contributed by atoms with E-state index in [9.17, 15) is 8.78 Å². The van der Waals surface area contributed by atoms with Crippen molar-refractivity contribution in [2.45, 2.75) is 20.1 Å². The lowest BCUT2D eigenvalue weighted by molar-refractivity contribution is -0.0493. The van der Waals surface area contributed by atoms with Crippen LogP contribution < -0.4 is 19.5 Å². The van der Waals surface area contributed by atoms with Crippen LogP contribution in [0.2, 0.25) is 0 Å². The predicted molar refractivity (Wildman–Crippen MR) is 113 cm³/mol. The van der Waals surface area contributed by atoms with Crippen molar-refractivity contribution in [3.63, 3.8) is 0 Å². The van der Waals surface area contributed by atoms with Crippen LogP contribution >= 0.6 is 12.2 Å². The molecule has 1 fully saturated rings. The Labute approximate surface area is 179 Å². The van der Waals surface area contributed by atoms with Gasteiger partial charge in [-0.25, -0.2) is 0 Å². The summed E-state index contributed by atoms with van der Waals surface area (Å²) in [7, 11) is 0. The molecule has 2 aliphatic heterocycles. The first-order valence-corrected chi connectivity index (χ1v) is 10.1. The summed E-state index contributed by atoms with van der Waals surface area (Å²) in [5.41, 5.74) is 2.54. The molecule has 2 aromatic rings. The van der Waals surface area contributed by atoms with Crippen molar-refractivity contribution >= 4 is 23.0 Å². The van der Waals surface area contributed by atoms with E-state index in [2.05, 4.69) is 15.0 Å². The van der Waals surface area contributed by atoms with Crippen LogP contribution in [0, 0.1) is 6.92 Å². The summed E-state index contributed by atoms with van der Waals surface area (Å²) < 4.78 is 40.8. The van der Waals surface area contributed by atoms with Gasteiger partial charge in [0, 0.05) is 32.7 Å². The van der Waals surface area contributed by atoms with E-state index in [1.54, 1.807) is 12.1 Å². The Morgan fingerprint density at radius 3 is 2.63 bits per heavy atom. The molecule has 2 aromatic carbocycles. The molecule has 0 aliphatic carbocycles. The van der Waals surface area contributed by atoms with E-state index >= 15 is 0 Å². The largest absolute Gasteiger partial charge is 0.454 e. The van der Waals surface area contributed by atoms with Crippen LogP contribution in [0.3, 0.4) is 0 Å². The Morgan fingerprint density at radius 2 is 1.87 bits per heavy atom. The molecule has 1 N–H and O–H groups in total. The number of aryl methyl sites for hydroxylation is 1. The maximum absolute atomic E-state index is 12.7. The first-order valence-electron chi connectivity index (χ1n) is 9.70. The number of nitrogens with zero attached hydrogens (tertiary/aromatic N) is 2. The zero-order chi connectivity index (χ0) is 21.1. The highest BCUT2D eigenvalue weighted by Crippen LogP contribution is 2.33. The van der Waals surface area contributed by atoms with Crippen molar-refractivity contribution in [2.75, 3.05) is 38.3 Å². The highest BCUT2D eigenvalue weighted by Gasteiger charge is 2.21. The van der Waals surface area contributed by atoms with E-state index < -0.39 is 6.61 Å². The lowest BCUT2D eigenvalue weighted by Crippen LogP contribution is -2.49. The van der Waals surface area contributed by atoms with E-state index in [0.29, 0.717) is 10.8 Å². The second-order valence-electron chi connectivity index (χ2n) is 7.26. The second-order valence-corrected chi connectivity index (χ2v) is 7.65. The number of nitrogens with one attached hydrogen (secondary N) is 1. The third-order valence-corrected chi connectivity index (χ3v) is 5.46. The number of hydrogen-bond acceptors (Lipinski definition) is 5. The number of benzene rings is 2. The van der Waals surface area contributed by atoms with Gasteiger partial charge in [-0.3, -0.25) is 4.90 Å². The number of piperazine rings is 1. The average molecular weight is 435 g/mol. The van der Waals surface area contributed by atoms with Gasteiger partial charge in [0.15, 0.2) is 16.6 Å². The molecular weight excluding hydrogens is 412 g/mol. The Hall–Kier alpha value is -2.65. The summed E-state index contributed by atoms with van der Waals surface area (Å²) >= 11 is 5.52. The average Bonchev–Trinajstić information content (AvgIpc) is 3.18. The lowest BCUT2D eigenvalue weighted by atomic mass is 10.1. The van der Waals surface area contributed by atoms with Crippen molar-refractivity contribution < 1.29 is 23.0 Å². The van der Waals surface area contributed by atoms with Crippen molar-refractivity contribution in [1.82, 2.24) is 9.80 Å². The maximum Gasteiger partial charge on any atom is 0.387 e. The zero-order valence-corrected chi connectivity index (χ0v) is 17.4. The van der Waals surface area contributed by atoms with Crippen LogP contribution in [0.25, 0.3) is 0 Å². The summed E-state index contributed by atoms with van der Waals surface area (Å²) in [6, 6.07) is 11.0. The first kappa shape index (κ1) is 20.6. The fraction of sp³-hybridized carbons (Fsp3) is 0.381. The number of fused-ring (bicyclic) bond motifs is 1. The molecule has 160 valence electrons. The number of thiocarbonyl (C=S) groups is 1. The number of alkyl halides is 2. The van der Waals surface area contributed by atoms with E-state index in [-0.39, 0.29) is 12.5 Å². The van der Waals surface area contributed by atoms with Crippen molar-refractivity contribution in [3.05, 3.63) is 47.5 Å². The van der Waals surface area contributed by atoms with Gasteiger partial charge in [-0.05, 0) is 54.5 Å². The molecule has 0 atom stereocenters. The van der Waals surface area contributed by atoms with Crippen molar-refractivity contribution in [1.29, 1.82) is 0 Å². The molecule has 2 aliphatic rings. The monoisotopic (exact) mass is 435 g/mol. The van der Waals surface area contributed by atoms with Crippen LogP contribution in [-0.2, 0) is 6.54 Å². The minimum atomic E-state index is -2.89. The third kappa shape index (κ3) is 4.91. The third-order valence-electron chi connectivity index (χ3n) is 5.10. The normalized spacial score (nSPS) is 16.1. The Morgan fingerprint density at radius 1 is 1.10 bits per heavy atom. The fourth-order valence-corrected chi connectivity index (χ4v) is 3.83. The highest BCUT2D eigenvalue weighted by molar-refractivity contribution is 7.80. The number of hydrogen-bond donors (Lipinski definition) is 1. The topological polar surface area (TPSA) is 46.2 Å². The smallest absolute Gasteiger partial charge is 0.387 e. The molecule has 0 saturated carbocycles. The first-order chi connectivity index (χ1) is 14.5. The van der Waals surface area contributed by atoms with Gasteiger partial charge in [0.05, 0.1) is 5.69 Å². The minimum absolute atomic E-state index is 0.0828. The summed E-state index contributed by atoms with van der Waals surface area (Å²) in [4.78, 5) is 4.38. The summed E-state index contributed by atoms with van der Waals surface area (Å²) in [5, 5.41) is 3.57. The molecule has 9 heteroatoms. The molecule has 4 rings (SSSR count). The summed E-state index contributed by atoms with van der Waals surface area (Å²) in [6.07, 6.45) is 0. The van der Waals surface area contributed by atoms with E-state index in [4.69, 9.17) is 21.7 Å². The van der Waals surface area contributed by atoms with Gasteiger partial charge in [0.25, 0.3) is 0 Å². The molecule has 0 unspecified atom stereocenters. The summed E-state index contributed by atoms with van der Waals surface area (Å²) in [6.45, 7) is 3.24. The van der Waals surface area contributed by atoms with Gasteiger partial charge in [-0.2, -0.15) is 8.78 Å². The van der Waals surface area contributed by atoms with Crippen molar-refractivity contribution in [3.8, 4) is 17.2 Å². The fourth-order valence-electron chi connectivity index (χ4n) is 3.54. The van der Waals surface area contributed by atoms with Gasteiger partial charge in [0.1, 0.15) is 5.75 Å². The van der Waals surface area contributed by atoms with Gasteiger partial charge >= 0.3 is 6.61 Å². The van der Waals surface area contributed by atoms with Crippen LogP contribution in [0.4, 0.5) is 14.5 Å². The molecular formula is C21H23F2N3O3S. The van der Waals surface area contributed by atoms with Gasteiger partial charge in [0.2, 0.25) is 6.79 Å². The zero-order valence-electron chi connectivity index (χ0n) is 16.6. The Balaban J connectivity index is 1.32. The number of halogens is 2. The van der Waals surface area contributed by atoms with Gasteiger partial charge < -0.3 is 24.4 Å². The number of rotatable bonds is 5. The van der Waals surface area contributed by atoms with Crippen LogP contribution in [-0.4, -0.2) is 54.5 Å². The van der Waals surface area contributed by atoms with E-state index in [0.717, 1.165) is 49.8 Å². The quantitative estimate of drug-likeness (QED) is 0.716. The summed E-state index contributed by atoms with van der Waals surface area (Å²) in [5.74, 6) is 1.65. The SMILES string of the molecule is Cc1ccc(OC(F)F)c(NC(=S)N2CCN(Cc3ccc4c(c3)OCO4)CC2)c1. The number of ether oxygens (including phenoxy) is 3. The van der Waals surface area contributed by atoms with Crippen LogP contribution in [0.5, 0.6) is 17.2 Å². The molecule has 6 nitrogen and oxygen atoms in total. The molecule has 30 heavy (non-hydrogen) atoms. The highest BCUT2D eigenvalue weighted by atomic mass is 32.1. The van der Waals surface area contributed by atoms with E-state index in [1.165, 1.54) is 11.6 Å². The maximum atomic E-state index is 12.7. The molecule has 0 radical (unpaired) electrons. The minimum Gasteiger partial charge on any atom is -0.454 e. The molecule has 2 heterocycles. The standard InChI is InChI=1S/C21H23F2N3O3S/c1-14-2-4-17(29-20(22)23)16(10-14)24-21(30)26-8-6-25(7-9-26)12-15-3-5-18-19(11-15)28-13-27-18/h2-5,10-11,20H,6-9,12-13H2,1H3,(H,24,30). The van der Waals surface area contributed by atoms with E-state index in [1.807, 2.05) is 30.0 Å². The van der Waals surface area contributed by atoms with Gasteiger partial charge in [-0.1, -0.05) is 12.1 Å². The van der Waals surface area contributed by atoms with Crippen LogP contribution in [0.15, 0.2) is 36.4 Å². The molecule has 0 amide bonds. The van der Waals surface area contributed by atoms with Crippen LogP contribution in [0.1, 0.15) is 11.1 Å². The molecule has 0 bridgehead atoms. The number of anilines is 1. The lowest BCUT2D eigenvalue weighted by Gasteiger charge is -2.36. The Bertz CT molecular complexity index is 920. The van der Waals surface area contributed by atoms with Crippen molar-refractivity contribution in [2.24, 2.45) is 0 Å².